The van der Waals surface area contributed by atoms with Gasteiger partial charge in [0.2, 0.25) is 0 Å². The number of rotatable bonds is 2. The SMILES string of the molecule is [Mg+2].[Mg+2].[Mg+2].[O-][Si]([O-])([O-])OO.[O-][Si]([O-])([O-])OO. The summed E-state index contributed by atoms with van der Waals surface area (Å²) in [6.45, 7) is 0. The summed E-state index contributed by atoms with van der Waals surface area (Å²) in [5.41, 5.74) is 0. The minimum Gasteiger partial charge on any atom is -0.859 e. The molecule has 0 spiro atoms. The predicted octanol–water partition coefficient (Wildman–Crippen LogP) is -9.16. The van der Waals surface area contributed by atoms with Gasteiger partial charge in [0.15, 0.2) is 0 Å². The minimum absolute atomic E-state index is 0. The van der Waals surface area contributed by atoms with Gasteiger partial charge in [0, 0.05) is 0 Å². The smallest absolute Gasteiger partial charge is 0.859 e. The minimum atomic E-state index is -5.33. The maximum atomic E-state index is 9.03. The van der Waals surface area contributed by atoms with Crippen LogP contribution >= 0.6 is 0 Å². The molecule has 0 aliphatic heterocycles. The van der Waals surface area contributed by atoms with E-state index in [2.05, 4.69) is 9.15 Å². The molecule has 0 unspecified atom stereocenters. The largest absolute Gasteiger partial charge is 2.00 e. The Hall–Kier alpha value is 2.33. The second-order valence-corrected chi connectivity index (χ2v) is 3.55. The molecule has 0 fully saturated rings. The first-order valence-corrected chi connectivity index (χ1v) is 5.26. The van der Waals surface area contributed by atoms with Gasteiger partial charge in [-0.25, -0.2) is 0 Å². The van der Waals surface area contributed by atoms with E-state index in [1.807, 2.05) is 0 Å². The molecule has 0 saturated carbocycles. The molecule has 0 atom stereocenters. The Kier molecular flexibility index (Phi) is 29.2. The first-order chi connectivity index (χ1) is 5.12. The maximum absolute atomic E-state index is 9.03. The van der Waals surface area contributed by atoms with E-state index in [9.17, 15) is 0 Å². The summed E-state index contributed by atoms with van der Waals surface area (Å²) in [5.74, 6) is 0. The molecule has 15 heteroatoms. The predicted molar refractivity (Wildman–Crippen MR) is 36.2 cm³/mol. The molecule has 0 radical (unpaired) electrons. The molecule has 0 bridgehead atoms. The normalized spacial score (nSPS) is 9.60. The van der Waals surface area contributed by atoms with Gasteiger partial charge >= 0.3 is 69.2 Å². The molecular formula is H2Mg3O10Si2. The van der Waals surface area contributed by atoms with Crippen LogP contribution in [0.15, 0.2) is 0 Å². The topological polar surface area (TPSA) is 197 Å². The van der Waals surface area contributed by atoms with Gasteiger partial charge in [-0.05, 0) is 0 Å². The van der Waals surface area contributed by atoms with Crippen LogP contribution in [0.2, 0.25) is 0 Å². The molecule has 0 heterocycles. The van der Waals surface area contributed by atoms with Crippen molar-refractivity contribution >= 4 is 87.3 Å². The molecule has 76 valence electrons. The van der Waals surface area contributed by atoms with Crippen molar-refractivity contribution in [2.45, 2.75) is 0 Å². The van der Waals surface area contributed by atoms with Gasteiger partial charge in [0.1, 0.15) is 0 Å². The van der Waals surface area contributed by atoms with Crippen molar-refractivity contribution in [3.8, 4) is 0 Å². The summed E-state index contributed by atoms with van der Waals surface area (Å²) in [6.07, 6.45) is 0. The Balaban J connectivity index is -0.0000000370. The maximum Gasteiger partial charge on any atom is 2.00 e. The van der Waals surface area contributed by atoms with Gasteiger partial charge in [0.05, 0.1) is 0 Å². The molecule has 0 aromatic rings. The van der Waals surface area contributed by atoms with Crippen LogP contribution in [0.1, 0.15) is 0 Å². The zero-order chi connectivity index (χ0) is 10.4. The molecule has 15 heavy (non-hydrogen) atoms. The van der Waals surface area contributed by atoms with E-state index >= 15 is 0 Å². The van der Waals surface area contributed by atoms with Gasteiger partial charge in [-0.3, -0.25) is 10.5 Å². The summed E-state index contributed by atoms with van der Waals surface area (Å²) >= 11 is 0. The van der Waals surface area contributed by atoms with Gasteiger partial charge in [-0.1, -0.05) is 18.1 Å². The molecule has 0 rings (SSSR count). The Morgan fingerprint density at radius 2 is 0.667 bits per heavy atom. The fraction of sp³-hybridized carbons (Fsp3) is 0. The molecule has 0 aliphatic rings. The summed E-state index contributed by atoms with van der Waals surface area (Å²) in [4.78, 5) is 54.2. The van der Waals surface area contributed by atoms with Crippen LogP contribution in [0.3, 0.4) is 0 Å². The molecule has 0 aliphatic carbocycles. The van der Waals surface area contributed by atoms with E-state index < -0.39 is 18.1 Å². The average Bonchev–Trinajstić information content (AvgIpc) is 1.86. The molecule has 2 N–H and O–H groups in total. The third-order valence-corrected chi connectivity index (χ3v) is 0.671. The second kappa shape index (κ2) is 14.4. The number of hydrogen-bond donors (Lipinski definition) is 2. The summed E-state index contributed by atoms with van der Waals surface area (Å²) in [5, 5.41) is 14.1. The Labute approximate surface area is 134 Å². The van der Waals surface area contributed by atoms with E-state index in [-0.39, 0.29) is 69.2 Å². The average molecular weight is 291 g/mol. The van der Waals surface area contributed by atoms with Crippen LogP contribution in [0.25, 0.3) is 0 Å². The monoisotopic (exact) mass is 290 g/mol. The molecule has 10 nitrogen and oxygen atoms in total. The first kappa shape index (κ1) is 30.4. The van der Waals surface area contributed by atoms with Crippen LogP contribution in [0, 0.1) is 0 Å². The molecule has 0 amide bonds. The van der Waals surface area contributed by atoms with E-state index in [0.717, 1.165) is 0 Å². The van der Waals surface area contributed by atoms with Crippen molar-refractivity contribution in [2.24, 2.45) is 0 Å². The molecule has 0 aromatic carbocycles. The molecule has 0 saturated heterocycles. The third kappa shape index (κ3) is 48.3. The van der Waals surface area contributed by atoms with E-state index in [0.29, 0.717) is 0 Å². The van der Waals surface area contributed by atoms with Crippen LogP contribution in [0.4, 0.5) is 0 Å². The zero-order valence-corrected chi connectivity index (χ0v) is 13.5. The van der Waals surface area contributed by atoms with Crippen molar-refractivity contribution in [3.63, 3.8) is 0 Å². The summed E-state index contributed by atoms with van der Waals surface area (Å²) in [7, 11) is -10.7. The van der Waals surface area contributed by atoms with E-state index in [1.165, 1.54) is 0 Å². The van der Waals surface area contributed by atoms with Crippen molar-refractivity contribution in [1.29, 1.82) is 0 Å². The molecule has 0 aromatic heterocycles. The second-order valence-electron chi connectivity index (χ2n) is 1.18. The van der Waals surface area contributed by atoms with Crippen molar-refractivity contribution < 1.29 is 48.4 Å². The fourth-order valence-corrected chi connectivity index (χ4v) is 0. The van der Waals surface area contributed by atoms with Crippen LogP contribution in [-0.4, -0.2) is 97.8 Å². The van der Waals surface area contributed by atoms with Crippen molar-refractivity contribution in [2.75, 3.05) is 0 Å². The Morgan fingerprint density at radius 3 is 0.667 bits per heavy atom. The zero-order valence-electron chi connectivity index (χ0n) is 7.28. The van der Waals surface area contributed by atoms with Crippen LogP contribution < -0.4 is 28.8 Å². The van der Waals surface area contributed by atoms with Crippen molar-refractivity contribution in [1.82, 2.24) is 0 Å². The Morgan fingerprint density at radius 1 is 0.600 bits per heavy atom. The van der Waals surface area contributed by atoms with Gasteiger partial charge in [0.25, 0.3) is 0 Å². The third-order valence-electron chi connectivity index (χ3n) is 0.224. The standard InChI is InChI=1S/3Mg.2HO5Si/c;;;2*1-5-6(2,3)4/h;;;2*1H/q3*+2;2*-3. The van der Waals surface area contributed by atoms with Crippen LogP contribution in [0.5, 0.6) is 0 Å². The quantitative estimate of drug-likeness (QED) is 0.279. The van der Waals surface area contributed by atoms with Gasteiger partial charge in [-0.15, -0.1) is 0 Å². The van der Waals surface area contributed by atoms with Gasteiger partial charge < -0.3 is 37.9 Å². The fourth-order valence-electron chi connectivity index (χ4n) is 0. The summed E-state index contributed by atoms with van der Waals surface area (Å²) < 4.78 is 4.82. The number of hydrogen-bond acceptors (Lipinski definition) is 10. The first-order valence-electron chi connectivity index (χ1n) is 2.00. The van der Waals surface area contributed by atoms with Crippen LogP contribution in [-0.2, 0) is 9.15 Å². The summed E-state index contributed by atoms with van der Waals surface area (Å²) in [6, 6.07) is 0. The molecular weight excluding hydrogens is 289 g/mol. The van der Waals surface area contributed by atoms with E-state index in [1.54, 1.807) is 0 Å². The van der Waals surface area contributed by atoms with E-state index in [4.69, 9.17) is 39.3 Å². The van der Waals surface area contributed by atoms with Gasteiger partial charge in [-0.2, -0.15) is 0 Å². The Bertz CT molecular complexity index is 92.2. The van der Waals surface area contributed by atoms with Crippen molar-refractivity contribution in [3.05, 3.63) is 0 Å².